The summed E-state index contributed by atoms with van der Waals surface area (Å²) in [7, 11) is 0. The summed E-state index contributed by atoms with van der Waals surface area (Å²) in [6.45, 7) is 6.34. The number of nitrogens with zero attached hydrogens (tertiary/aromatic N) is 4. The molecule has 7 heteroatoms. The minimum absolute atomic E-state index is 0.0501. The summed E-state index contributed by atoms with van der Waals surface area (Å²) in [6.07, 6.45) is 0.367. The van der Waals surface area contributed by atoms with E-state index in [1.165, 1.54) is 0 Å². The van der Waals surface area contributed by atoms with Crippen LogP contribution in [0.3, 0.4) is 0 Å². The molecule has 0 fully saturated rings. The van der Waals surface area contributed by atoms with Crippen LogP contribution in [0, 0.1) is 20.8 Å². The van der Waals surface area contributed by atoms with Gasteiger partial charge in [-0.2, -0.15) is 10.2 Å². The molecule has 3 rings (SSSR count). The molecule has 2 heterocycles. The lowest BCUT2D eigenvalue weighted by Crippen LogP contribution is -2.15. The Morgan fingerprint density at radius 3 is 2.75 bits per heavy atom. The van der Waals surface area contributed by atoms with Crippen molar-refractivity contribution in [1.82, 2.24) is 25.0 Å². The molecule has 2 aromatic heterocycles. The third-order valence-electron chi connectivity index (χ3n) is 3.66. The first kappa shape index (κ1) is 15.9. The Hall–Kier alpha value is -2.96. The molecular formula is C17H20N6O. The zero-order valence-electron chi connectivity index (χ0n) is 14.0. The van der Waals surface area contributed by atoms with E-state index in [4.69, 9.17) is 0 Å². The zero-order chi connectivity index (χ0) is 17.1. The second-order valence-corrected chi connectivity index (χ2v) is 5.77. The van der Waals surface area contributed by atoms with E-state index >= 15 is 0 Å². The van der Waals surface area contributed by atoms with Crippen LogP contribution in [0.25, 0.3) is 11.4 Å². The van der Waals surface area contributed by atoms with Crippen LogP contribution in [-0.4, -0.2) is 30.9 Å². The second kappa shape index (κ2) is 6.66. The zero-order valence-corrected chi connectivity index (χ0v) is 14.0. The Balaban J connectivity index is 1.63. The second-order valence-electron chi connectivity index (χ2n) is 5.77. The van der Waals surface area contributed by atoms with Gasteiger partial charge in [0.15, 0.2) is 5.82 Å². The first-order valence-electron chi connectivity index (χ1n) is 7.81. The number of hydrogen-bond acceptors (Lipinski definition) is 4. The molecule has 0 aliphatic rings. The summed E-state index contributed by atoms with van der Waals surface area (Å²) in [5.41, 5.74) is 3.61. The highest BCUT2D eigenvalue weighted by atomic mass is 16.1. The number of rotatable bonds is 5. The first-order valence-corrected chi connectivity index (χ1v) is 7.81. The molecule has 1 aromatic carbocycles. The predicted octanol–water partition coefficient (Wildman–Crippen LogP) is 2.62. The van der Waals surface area contributed by atoms with E-state index in [1.807, 2.05) is 55.8 Å². The molecular weight excluding hydrogens is 304 g/mol. The highest BCUT2D eigenvalue weighted by Gasteiger charge is 2.08. The largest absolute Gasteiger partial charge is 0.326 e. The van der Waals surface area contributed by atoms with Crippen molar-refractivity contribution in [3.05, 3.63) is 47.5 Å². The number of aromatic amines is 1. The summed E-state index contributed by atoms with van der Waals surface area (Å²) in [4.78, 5) is 16.5. The van der Waals surface area contributed by atoms with Crippen LogP contribution in [0.4, 0.5) is 5.69 Å². The number of anilines is 1. The monoisotopic (exact) mass is 324 g/mol. The van der Waals surface area contributed by atoms with Gasteiger partial charge in [0.25, 0.3) is 0 Å². The molecule has 7 nitrogen and oxygen atoms in total. The smallest absolute Gasteiger partial charge is 0.226 e. The number of H-pyrrole nitrogens is 1. The molecule has 0 atom stereocenters. The van der Waals surface area contributed by atoms with Crippen molar-refractivity contribution in [1.29, 1.82) is 0 Å². The van der Waals surface area contributed by atoms with E-state index in [9.17, 15) is 4.79 Å². The fourth-order valence-electron chi connectivity index (χ4n) is 2.54. The molecule has 1 amide bonds. The third-order valence-corrected chi connectivity index (χ3v) is 3.66. The quantitative estimate of drug-likeness (QED) is 0.755. The summed E-state index contributed by atoms with van der Waals surface area (Å²) in [5, 5.41) is 14.2. The summed E-state index contributed by atoms with van der Waals surface area (Å²) >= 11 is 0. The molecule has 0 aliphatic heterocycles. The number of aryl methyl sites for hydroxylation is 4. The maximum atomic E-state index is 12.2. The number of carbonyl (C=O) groups excluding carboxylic acids is 1. The predicted molar refractivity (Wildman–Crippen MR) is 91.5 cm³/mol. The molecule has 3 aromatic rings. The highest BCUT2D eigenvalue weighted by molar-refractivity contribution is 5.91. The number of benzene rings is 1. The van der Waals surface area contributed by atoms with Gasteiger partial charge in [0.1, 0.15) is 5.82 Å². The Morgan fingerprint density at radius 1 is 1.25 bits per heavy atom. The average Bonchev–Trinajstić information content (AvgIpc) is 3.11. The van der Waals surface area contributed by atoms with Gasteiger partial charge in [0.05, 0.1) is 5.69 Å². The number of carbonyl (C=O) groups is 1. The molecule has 124 valence electrons. The lowest BCUT2D eigenvalue weighted by Gasteiger charge is -2.07. The van der Waals surface area contributed by atoms with Gasteiger partial charge in [0, 0.05) is 29.9 Å². The van der Waals surface area contributed by atoms with Crippen LogP contribution in [0.1, 0.15) is 23.6 Å². The Labute approximate surface area is 140 Å². The standard InChI is InChI=1S/C17H20N6O/c1-11-9-12(2)23(22-11)8-7-16(24)19-15-6-4-5-14(10-15)17-18-13(3)20-21-17/h4-6,9-10H,7-8H2,1-3H3,(H,19,24)(H,18,20,21). The van der Waals surface area contributed by atoms with Crippen LogP contribution in [0.2, 0.25) is 0 Å². The molecule has 0 unspecified atom stereocenters. The van der Waals surface area contributed by atoms with Crippen molar-refractivity contribution in [2.75, 3.05) is 5.32 Å². The fourth-order valence-corrected chi connectivity index (χ4v) is 2.54. The van der Waals surface area contributed by atoms with E-state index in [0.29, 0.717) is 18.8 Å². The van der Waals surface area contributed by atoms with Crippen molar-refractivity contribution in [3.8, 4) is 11.4 Å². The molecule has 0 aliphatic carbocycles. The minimum atomic E-state index is -0.0501. The number of amides is 1. The van der Waals surface area contributed by atoms with Gasteiger partial charge in [-0.25, -0.2) is 4.98 Å². The first-order chi connectivity index (χ1) is 11.5. The molecule has 0 saturated carbocycles. The Bertz CT molecular complexity index is 864. The average molecular weight is 324 g/mol. The Morgan fingerprint density at radius 2 is 2.08 bits per heavy atom. The van der Waals surface area contributed by atoms with Crippen molar-refractivity contribution < 1.29 is 4.79 Å². The van der Waals surface area contributed by atoms with Gasteiger partial charge < -0.3 is 5.32 Å². The van der Waals surface area contributed by atoms with Crippen LogP contribution in [-0.2, 0) is 11.3 Å². The van der Waals surface area contributed by atoms with Gasteiger partial charge in [-0.05, 0) is 39.0 Å². The van der Waals surface area contributed by atoms with Crippen LogP contribution < -0.4 is 5.32 Å². The highest BCUT2D eigenvalue weighted by Crippen LogP contribution is 2.19. The lowest BCUT2D eigenvalue weighted by molar-refractivity contribution is -0.116. The van der Waals surface area contributed by atoms with Crippen LogP contribution in [0.15, 0.2) is 30.3 Å². The van der Waals surface area contributed by atoms with Gasteiger partial charge in [0.2, 0.25) is 5.91 Å². The SMILES string of the molecule is Cc1cc(C)n(CCC(=O)Nc2cccc(-c3n[nH]c(C)n3)c2)n1. The summed E-state index contributed by atoms with van der Waals surface area (Å²) in [5.74, 6) is 1.32. The van der Waals surface area contributed by atoms with Gasteiger partial charge >= 0.3 is 0 Å². The molecule has 0 saturated heterocycles. The van der Waals surface area contributed by atoms with E-state index in [0.717, 1.165) is 28.5 Å². The summed E-state index contributed by atoms with van der Waals surface area (Å²) < 4.78 is 1.85. The van der Waals surface area contributed by atoms with Crippen LogP contribution >= 0.6 is 0 Å². The van der Waals surface area contributed by atoms with E-state index in [1.54, 1.807) is 0 Å². The normalized spacial score (nSPS) is 10.8. The van der Waals surface area contributed by atoms with Crippen molar-refractivity contribution in [2.45, 2.75) is 33.7 Å². The number of nitrogens with one attached hydrogen (secondary N) is 2. The van der Waals surface area contributed by atoms with Crippen molar-refractivity contribution in [3.63, 3.8) is 0 Å². The molecule has 0 spiro atoms. The maximum Gasteiger partial charge on any atom is 0.226 e. The van der Waals surface area contributed by atoms with E-state index in [2.05, 4.69) is 25.6 Å². The van der Waals surface area contributed by atoms with Gasteiger partial charge in [-0.15, -0.1) is 0 Å². The van der Waals surface area contributed by atoms with E-state index < -0.39 is 0 Å². The molecule has 24 heavy (non-hydrogen) atoms. The number of aromatic nitrogens is 5. The van der Waals surface area contributed by atoms with Crippen LogP contribution in [0.5, 0.6) is 0 Å². The summed E-state index contributed by atoms with van der Waals surface area (Å²) in [6, 6.07) is 9.50. The minimum Gasteiger partial charge on any atom is -0.326 e. The molecule has 0 radical (unpaired) electrons. The van der Waals surface area contributed by atoms with Gasteiger partial charge in [-0.1, -0.05) is 12.1 Å². The van der Waals surface area contributed by atoms with Crippen molar-refractivity contribution >= 4 is 11.6 Å². The number of hydrogen-bond donors (Lipinski definition) is 2. The van der Waals surface area contributed by atoms with Crippen molar-refractivity contribution in [2.24, 2.45) is 0 Å². The lowest BCUT2D eigenvalue weighted by atomic mass is 10.2. The third kappa shape index (κ3) is 3.68. The topological polar surface area (TPSA) is 88.5 Å². The fraction of sp³-hybridized carbons (Fsp3) is 0.294. The maximum absolute atomic E-state index is 12.2. The molecule has 0 bridgehead atoms. The molecule has 2 N–H and O–H groups in total. The van der Waals surface area contributed by atoms with Gasteiger partial charge in [-0.3, -0.25) is 14.6 Å². The van der Waals surface area contributed by atoms with E-state index in [-0.39, 0.29) is 5.91 Å². The Kier molecular flexibility index (Phi) is 4.41.